The number of amides is 1. The normalized spacial score (nSPS) is 23.7. The Hall–Kier alpha value is -1.84. The summed E-state index contributed by atoms with van der Waals surface area (Å²) in [6.45, 7) is 1.78. The maximum atomic E-state index is 11.8. The smallest absolute Gasteiger partial charge is 0.407 e. The van der Waals surface area contributed by atoms with Gasteiger partial charge < -0.3 is 10.1 Å². The van der Waals surface area contributed by atoms with Crippen molar-refractivity contribution in [3.8, 4) is 0 Å². The van der Waals surface area contributed by atoms with E-state index in [0.717, 1.165) is 0 Å². The van der Waals surface area contributed by atoms with Crippen LogP contribution >= 0.6 is 0 Å². The molecule has 0 saturated carbocycles. The first-order valence-corrected chi connectivity index (χ1v) is 5.22. The molecule has 4 nitrogen and oxygen atoms in total. The number of cyclic esters (lactones) is 1. The van der Waals surface area contributed by atoms with Crippen LogP contribution in [0.15, 0.2) is 30.3 Å². The lowest BCUT2D eigenvalue weighted by atomic mass is 10.0. The van der Waals surface area contributed by atoms with Gasteiger partial charge in [-0.2, -0.15) is 0 Å². The molecule has 1 amide bonds. The largest absolute Gasteiger partial charge is 0.444 e. The number of rotatable bonds is 3. The third kappa shape index (κ3) is 2.21. The fraction of sp³-hybridized carbons (Fsp3) is 0.333. The van der Waals surface area contributed by atoms with E-state index in [2.05, 4.69) is 5.32 Å². The van der Waals surface area contributed by atoms with Gasteiger partial charge in [0.2, 0.25) is 0 Å². The Bertz CT molecular complexity index is 402. The fourth-order valence-electron chi connectivity index (χ4n) is 1.71. The summed E-state index contributed by atoms with van der Waals surface area (Å²) in [5.41, 5.74) is 0.663. The van der Waals surface area contributed by atoms with Gasteiger partial charge in [0.25, 0.3) is 0 Å². The number of ether oxygens (including phenoxy) is 1. The lowest BCUT2D eigenvalue weighted by Crippen LogP contribution is -2.32. The van der Waals surface area contributed by atoms with Crippen LogP contribution in [-0.4, -0.2) is 24.0 Å². The van der Waals surface area contributed by atoms with Crippen molar-refractivity contribution in [2.45, 2.75) is 25.5 Å². The third-order valence-electron chi connectivity index (χ3n) is 2.66. The van der Waals surface area contributed by atoms with Gasteiger partial charge in [-0.3, -0.25) is 4.79 Å². The van der Waals surface area contributed by atoms with Crippen molar-refractivity contribution in [2.75, 3.05) is 0 Å². The van der Waals surface area contributed by atoms with Gasteiger partial charge in [0.05, 0.1) is 6.04 Å². The number of hydrogen-bond acceptors (Lipinski definition) is 3. The van der Waals surface area contributed by atoms with Gasteiger partial charge in [0.1, 0.15) is 6.10 Å². The molecule has 0 unspecified atom stereocenters. The molecule has 4 heteroatoms. The molecule has 0 spiro atoms. The lowest BCUT2D eigenvalue weighted by Gasteiger charge is -2.11. The maximum Gasteiger partial charge on any atom is 0.407 e. The van der Waals surface area contributed by atoms with Gasteiger partial charge in [-0.1, -0.05) is 30.3 Å². The van der Waals surface area contributed by atoms with E-state index in [4.69, 9.17) is 4.74 Å². The monoisotopic (exact) mass is 219 g/mol. The van der Waals surface area contributed by atoms with E-state index in [-0.39, 0.29) is 24.3 Å². The van der Waals surface area contributed by atoms with Crippen LogP contribution < -0.4 is 5.32 Å². The van der Waals surface area contributed by atoms with E-state index >= 15 is 0 Å². The molecule has 1 fully saturated rings. The van der Waals surface area contributed by atoms with Gasteiger partial charge in [0, 0.05) is 12.0 Å². The summed E-state index contributed by atoms with van der Waals surface area (Å²) in [7, 11) is 0. The molecule has 1 aromatic carbocycles. The van der Waals surface area contributed by atoms with Crippen LogP contribution in [0.4, 0.5) is 4.79 Å². The van der Waals surface area contributed by atoms with E-state index in [9.17, 15) is 9.59 Å². The Morgan fingerprint density at radius 2 is 2.06 bits per heavy atom. The fourth-order valence-corrected chi connectivity index (χ4v) is 1.71. The number of benzene rings is 1. The van der Waals surface area contributed by atoms with E-state index in [1.54, 1.807) is 19.1 Å². The second-order valence-electron chi connectivity index (χ2n) is 3.85. The Balaban J connectivity index is 2.01. The van der Waals surface area contributed by atoms with Crippen molar-refractivity contribution >= 4 is 11.9 Å². The second-order valence-corrected chi connectivity index (χ2v) is 3.85. The highest BCUT2D eigenvalue weighted by Gasteiger charge is 2.31. The van der Waals surface area contributed by atoms with Crippen molar-refractivity contribution < 1.29 is 14.3 Å². The van der Waals surface area contributed by atoms with Crippen LogP contribution in [0.25, 0.3) is 0 Å². The number of Topliss-reactive ketones (excluding diaryl/α,β-unsaturated/α-hetero) is 1. The number of alkyl carbamates (subject to hydrolysis) is 1. The first-order valence-electron chi connectivity index (χ1n) is 5.22. The van der Waals surface area contributed by atoms with E-state index in [1.807, 2.05) is 18.2 Å². The molecule has 0 radical (unpaired) electrons. The number of nitrogens with one attached hydrogen (secondary N) is 1. The Labute approximate surface area is 93.6 Å². The van der Waals surface area contributed by atoms with Crippen LogP contribution in [0.1, 0.15) is 23.7 Å². The SMILES string of the molecule is C[C@H]1OC(=O)N[C@@H]1CC(=O)c1ccccc1. The molecular formula is C12H13NO3. The van der Waals surface area contributed by atoms with Crippen LogP contribution in [0.2, 0.25) is 0 Å². The summed E-state index contributed by atoms with van der Waals surface area (Å²) in [6, 6.07) is 8.82. The zero-order valence-corrected chi connectivity index (χ0v) is 8.97. The molecule has 0 aromatic heterocycles. The highest BCUT2D eigenvalue weighted by Crippen LogP contribution is 2.14. The molecule has 0 bridgehead atoms. The summed E-state index contributed by atoms with van der Waals surface area (Å²) < 4.78 is 4.91. The number of ketones is 1. The van der Waals surface area contributed by atoms with Gasteiger partial charge >= 0.3 is 6.09 Å². The van der Waals surface area contributed by atoms with Crippen molar-refractivity contribution in [1.82, 2.24) is 5.32 Å². The summed E-state index contributed by atoms with van der Waals surface area (Å²) in [5, 5.41) is 2.62. The first kappa shape index (κ1) is 10.7. The minimum absolute atomic E-state index is 0.0169. The predicted molar refractivity (Wildman–Crippen MR) is 58.3 cm³/mol. The third-order valence-corrected chi connectivity index (χ3v) is 2.66. The maximum absolute atomic E-state index is 11.8. The zero-order chi connectivity index (χ0) is 11.5. The van der Waals surface area contributed by atoms with Crippen molar-refractivity contribution in [1.29, 1.82) is 0 Å². The van der Waals surface area contributed by atoms with Crippen LogP contribution in [0.3, 0.4) is 0 Å². The summed E-state index contributed by atoms with van der Waals surface area (Å²) >= 11 is 0. The van der Waals surface area contributed by atoms with Crippen LogP contribution in [0, 0.1) is 0 Å². The molecule has 1 aliphatic rings. The molecule has 1 heterocycles. The minimum Gasteiger partial charge on any atom is -0.444 e. The molecule has 1 aromatic rings. The van der Waals surface area contributed by atoms with Gasteiger partial charge in [-0.05, 0) is 6.92 Å². The molecule has 1 aliphatic heterocycles. The average Bonchev–Trinajstić information content (AvgIpc) is 2.59. The van der Waals surface area contributed by atoms with Gasteiger partial charge in [-0.25, -0.2) is 4.79 Å². The highest BCUT2D eigenvalue weighted by atomic mass is 16.6. The minimum atomic E-state index is -0.446. The van der Waals surface area contributed by atoms with Crippen LogP contribution in [-0.2, 0) is 4.74 Å². The summed E-state index contributed by atoms with van der Waals surface area (Å²) in [4.78, 5) is 22.8. The Morgan fingerprint density at radius 1 is 1.38 bits per heavy atom. The molecule has 2 atom stereocenters. The Morgan fingerprint density at radius 3 is 2.62 bits per heavy atom. The van der Waals surface area contributed by atoms with E-state index in [1.165, 1.54) is 0 Å². The number of carbonyl (C=O) groups excluding carboxylic acids is 2. The predicted octanol–water partition coefficient (Wildman–Crippen LogP) is 1.76. The number of carbonyl (C=O) groups is 2. The first-order chi connectivity index (χ1) is 7.66. The quantitative estimate of drug-likeness (QED) is 0.788. The van der Waals surface area contributed by atoms with Crippen molar-refractivity contribution in [2.24, 2.45) is 0 Å². The molecule has 0 aliphatic carbocycles. The van der Waals surface area contributed by atoms with Crippen molar-refractivity contribution in [3.63, 3.8) is 0 Å². The molecule has 16 heavy (non-hydrogen) atoms. The standard InChI is InChI=1S/C12H13NO3/c1-8-10(13-12(15)16-8)7-11(14)9-5-3-2-4-6-9/h2-6,8,10H,7H2,1H3,(H,13,15)/t8-,10-/m1/s1. The van der Waals surface area contributed by atoms with E-state index in [0.29, 0.717) is 5.56 Å². The zero-order valence-electron chi connectivity index (χ0n) is 8.97. The summed E-state index contributed by atoms with van der Waals surface area (Å²) in [5.74, 6) is 0.0169. The second kappa shape index (κ2) is 4.35. The molecular weight excluding hydrogens is 206 g/mol. The number of hydrogen-bond donors (Lipinski definition) is 1. The van der Waals surface area contributed by atoms with Crippen LogP contribution in [0.5, 0.6) is 0 Å². The van der Waals surface area contributed by atoms with Gasteiger partial charge in [-0.15, -0.1) is 0 Å². The topological polar surface area (TPSA) is 55.4 Å². The molecule has 1 saturated heterocycles. The highest BCUT2D eigenvalue weighted by molar-refractivity contribution is 5.96. The molecule has 84 valence electrons. The average molecular weight is 219 g/mol. The van der Waals surface area contributed by atoms with Gasteiger partial charge in [0.15, 0.2) is 5.78 Å². The molecule has 1 N–H and O–H groups in total. The van der Waals surface area contributed by atoms with Crippen molar-refractivity contribution in [3.05, 3.63) is 35.9 Å². The molecule has 2 rings (SSSR count). The lowest BCUT2D eigenvalue weighted by molar-refractivity contribution is 0.0945. The Kier molecular flexibility index (Phi) is 2.90. The summed E-state index contributed by atoms with van der Waals surface area (Å²) in [6.07, 6.45) is -0.421. The van der Waals surface area contributed by atoms with E-state index < -0.39 is 6.09 Å².